The van der Waals surface area contributed by atoms with Gasteiger partial charge >= 0.3 is 0 Å². The molecule has 0 aromatic carbocycles. The van der Waals surface area contributed by atoms with Crippen LogP contribution in [0.5, 0.6) is 0 Å². The Labute approximate surface area is 81.2 Å². The third kappa shape index (κ3) is 2.22. The van der Waals surface area contributed by atoms with Crippen LogP contribution in [0.4, 0.5) is 0 Å². The van der Waals surface area contributed by atoms with E-state index >= 15 is 0 Å². The summed E-state index contributed by atoms with van der Waals surface area (Å²) in [5.74, 6) is 0.199. The summed E-state index contributed by atoms with van der Waals surface area (Å²) in [5, 5.41) is 10.2. The summed E-state index contributed by atoms with van der Waals surface area (Å²) in [6.45, 7) is 10.4. The molecule has 0 saturated carbocycles. The van der Waals surface area contributed by atoms with Crippen molar-refractivity contribution in [1.82, 2.24) is 0 Å². The predicted octanol–water partition coefficient (Wildman–Crippen LogP) is 2.92. The molecule has 0 amide bonds. The first-order valence-electron chi connectivity index (χ1n) is 4.83. The highest BCUT2D eigenvalue weighted by atomic mass is 16.3. The number of aliphatic hydroxyl groups is 1. The Morgan fingerprint density at radius 3 is 2.31 bits per heavy atom. The highest BCUT2D eigenvalue weighted by Gasteiger charge is 2.37. The maximum Gasteiger partial charge on any atom is 0.0870 e. The average molecular weight is 180 g/mol. The molecule has 0 aromatic rings. The molecule has 2 atom stereocenters. The lowest BCUT2D eigenvalue weighted by atomic mass is 9.68. The van der Waals surface area contributed by atoms with E-state index in [0.717, 1.165) is 0 Å². The van der Waals surface area contributed by atoms with Crippen LogP contribution in [0.3, 0.4) is 0 Å². The Bertz CT molecular complexity index is 251. The molecular weight excluding hydrogens is 160 g/mol. The smallest absolute Gasteiger partial charge is 0.0870 e. The first-order valence-corrected chi connectivity index (χ1v) is 4.83. The molecular formula is C12H20O. The molecule has 2 unspecified atom stereocenters. The lowest BCUT2D eigenvalue weighted by Crippen LogP contribution is -2.40. The van der Waals surface area contributed by atoms with Crippen LogP contribution in [-0.2, 0) is 0 Å². The number of hydrogen-bond donors (Lipinski definition) is 1. The van der Waals surface area contributed by atoms with Crippen molar-refractivity contribution in [3.8, 4) is 0 Å². The molecule has 1 aliphatic carbocycles. The summed E-state index contributed by atoms with van der Waals surface area (Å²) in [5.41, 5.74) is 0.652. The molecule has 1 N–H and O–H groups in total. The van der Waals surface area contributed by atoms with Gasteiger partial charge in [0.15, 0.2) is 0 Å². The minimum absolute atomic E-state index is 0.107. The van der Waals surface area contributed by atoms with Crippen molar-refractivity contribution in [2.75, 3.05) is 0 Å². The SMILES string of the molecule is CC1=CC(C(C)(C)C)C(C)(O)C=C1. The van der Waals surface area contributed by atoms with Gasteiger partial charge in [0.2, 0.25) is 0 Å². The van der Waals surface area contributed by atoms with E-state index in [4.69, 9.17) is 0 Å². The van der Waals surface area contributed by atoms with Crippen molar-refractivity contribution in [3.63, 3.8) is 0 Å². The molecule has 0 radical (unpaired) electrons. The number of hydrogen-bond acceptors (Lipinski definition) is 1. The van der Waals surface area contributed by atoms with E-state index in [2.05, 4.69) is 33.8 Å². The second-order valence-corrected chi connectivity index (χ2v) is 5.31. The van der Waals surface area contributed by atoms with Crippen LogP contribution in [-0.4, -0.2) is 10.7 Å². The predicted molar refractivity (Wildman–Crippen MR) is 56.5 cm³/mol. The molecule has 0 fully saturated rings. The minimum Gasteiger partial charge on any atom is -0.385 e. The monoisotopic (exact) mass is 180 g/mol. The highest BCUT2D eigenvalue weighted by molar-refractivity contribution is 5.29. The Morgan fingerprint density at radius 1 is 1.38 bits per heavy atom. The molecule has 74 valence electrons. The zero-order valence-corrected chi connectivity index (χ0v) is 9.26. The summed E-state index contributed by atoms with van der Waals surface area (Å²) in [6, 6.07) is 0. The molecule has 0 spiro atoms. The van der Waals surface area contributed by atoms with Crippen molar-refractivity contribution < 1.29 is 5.11 Å². The molecule has 1 aliphatic rings. The van der Waals surface area contributed by atoms with Gasteiger partial charge in [-0.1, -0.05) is 44.6 Å². The van der Waals surface area contributed by atoms with Crippen LogP contribution in [0.1, 0.15) is 34.6 Å². The van der Waals surface area contributed by atoms with E-state index < -0.39 is 5.60 Å². The summed E-state index contributed by atoms with van der Waals surface area (Å²) < 4.78 is 0. The third-order valence-electron chi connectivity index (χ3n) is 2.68. The van der Waals surface area contributed by atoms with Gasteiger partial charge in [0.05, 0.1) is 5.60 Å². The third-order valence-corrected chi connectivity index (χ3v) is 2.68. The highest BCUT2D eigenvalue weighted by Crippen LogP contribution is 2.39. The maximum atomic E-state index is 10.2. The summed E-state index contributed by atoms with van der Waals surface area (Å²) in [7, 11) is 0. The second-order valence-electron chi connectivity index (χ2n) is 5.31. The van der Waals surface area contributed by atoms with Crippen LogP contribution in [0, 0.1) is 11.3 Å². The Hall–Kier alpha value is -0.560. The topological polar surface area (TPSA) is 20.2 Å². The lowest BCUT2D eigenvalue weighted by Gasteiger charge is -2.40. The molecule has 0 bridgehead atoms. The average Bonchev–Trinajstić information content (AvgIpc) is 1.92. The molecule has 0 heterocycles. The fourth-order valence-electron chi connectivity index (χ4n) is 2.02. The van der Waals surface area contributed by atoms with E-state index in [0.29, 0.717) is 0 Å². The van der Waals surface area contributed by atoms with Gasteiger partial charge in [-0.3, -0.25) is 0 Å². The molecule has 13 heavy (non-hydrogen) atoms. The normalized spacial score (nSPS) is 34.6. The molecule has 0 saturated heterocycles. The van der Waals surface area contributed by atoms with Crippen LogP contribution in [0.2, 0.25) is 0 Å². The second kappa shape index (κ2) is 2.98. The van der Waals surface area contributed by atoms with Crippen molar-refractivity contribution >= 4 is 0 Å². The fourth-order valence-corrected chi connectivity index (χ4v) is 2.02. The van der Waals surface area contributed by atoms with E-state index in [1.165, 1.54) is 5.57 Å². The van der Waals surface area contributed by atoms with E-state index in [1.54, 1.807) is 0 Å². The largest absolute Gasteiger partial charge is 0.385 e. The molecule has 0 aliphatic heterocycles. The number of rotatable bonds is 0. The van der Waals surface area contributed by atoms with Gasteiger partial charge in [-0.05, 0) is 19.3 Å². The zero-order chi connectivity index (χ0) is 10.3. The van der Waals surface area contributed by atoms with E-state index in [9.17, 15) is 5.11 Å². The van der Waals surface area contributed by atoms with Crippen molar-refractivity contribution in [1.29, 1.82) is 0 Å². The van der Waals surface area contributed by atoms with Crippen LogP contribution in [0.15, 0.2) is 23.8 Å². The first kappa shape index (κ1) is 10.5. The van der Waals surface area contributed by atoms with Gasteiger partial charge in [0, 0.05) is 5.92 Å². The zero-order valence-electron chi connectivity index (χ0n) is 9.26. The van der Waals surface area contributed by atoms with E-state index in [-0.39, 0.29) is 11.3 Å². The van der Waals surface area contributed by atoms with Crippen molar-refractivity contribution in [3.05, 3.63) is 23.8 Å². The van der Waals surface area contributed by atoms with Crippen LogP contribution in [0.25, 0.3) is 0 Å². The summed E-state index contributed by atoms with van der Waals surface area (Å²) in [6.07, 6.45) is 6.06. The molecule has 1 heteroatoms. The van der Waals surface area contributed by atoms with E-state index in [1.807, 2.05) is 19.1 Å². The van der Waals surface area contributed by atoms with Gasteiger partial charge < -0.3 is 5.11 Å². The molecule has 0 aromatic heterocycles. The Morgan fingerprint density at radius 2 is 1.92 bits per heavy atom. The maximum absolute atomic E-state index is 10.2. The Balaban J connectivity index is 3.02. The van der Waals surface area contributed by atoms with Gasteiger partial charge in [-0.15, -0.1) is 0 Å². The van der Waals surface area contributed by atoms with Gasteiger partial charge in [0.25, 0.3) is 0 Å². The van der Waals surface area contributed by atoms with Crippen molar-refractivity contribution in [2.24, 2.45) is 11.3 Å². The van der Waals surface area contributed by atoms with Crippen LogP contribution >= 0.6 is 0 Å². The lowest BCUT2D eigenvalue weighted by molar-refractivity contribution is 0.0158. The van der Waals surface area contributed by atoms with Gasteiger partial charge in [-0.2, -0.15) is 0 Å². The van der Waals surface area contributed by atoms with Gasteiger partial charge in [-0.25, -0.2) is 0 Å². The fraction of sp³-hybridized carbons (Fsp3) is 0.667. The quantitative estimate of drug-likeness (QED) is 0.607. The van der Waals surface area contributed by atoms with Crippen LogP contribution < -0.4 is 0 Å². The minimum atomic E-state index is -0.697. The summed E-state index contributed by atoms with van der Waals surface area (Å²) in [4.78, 5) is 0. The first-order chi connectivity index (χ1) is 5.73. The molecule has 1 nitrogen and oxygen atoms in total. The number of allylic oxidation sites excluding steroid dienone is 2. The van der Waals surface area contributed by atoms with Crippen molar-refractivity contribution in [2.45, 2.75) is 40.2 Å². The summed E-state index contributed by atoms with van der Waals surface area (Å²) >= 11 is 0. The molecule has 1 rings (SSSR count). The van der Waals surface area contributed by atoms with Gasteiger partial charge in [0.1, 0.15) is 0 Å². The Kier molecular flexibility index (Phi) is 2.42. The standard InChI is InChI=1S/C12H20O/c1-9-6-7-12(5,13)10(8-9)11(2,3)4/h6-8,10,13H,1-5H3.